The van der Waals surface area contributed by atoms with Crippen LogP contribution in [0.15, 0.2) is 67.0 Å². The number of benzene rings is 1. The van der Waals surface area contributed by atoms with E-state index in [1.807, 2.05) is 30.5 Å². The number of aromatic nitrogens is 2. The third-order valence-corrected chi connectivity index (χ3v) is 4.95. The maximum absolute atomic E-state index is 12.4. The van der Waals surface area contributed by atoms with Gasteiger partial charge in [0.2, 0.25) is 0 Å². The van der Waals surface area contributed by atoms with E-state index in [9.17, 15) is 4.79 Å². The molecule has 1 saturated heterocycles. The van der Waals surface area contributed by atoms with Gasteiger partial charge in [0.15, 0.2) is 0 Å². The second-order valence-corrected chi connectivity index (χ2v) is 6.96. The van der Waals surface area contributed by atoms with Crippen molar-refractivity contribution >= 4 is 34.7 Å². The lowest BCUT2D eigenvalue weighted by Gasteiger charge is -2.36. The van der Waals surface area contributed by atoms with E-state index in [2.05, 4.69) is 25.1 Å². The number of carbonyl (C=O) groups excluding carboxylic acids is 1. The van der Waals surface area contributed by atoms with Gasteiger partial charge in [-0.1, -0.05) is 17.7 Å². The number of piperazine rings is 1. The van der Waals surface area contributed by atoms with Crippen LogP contribution in [0.1, 0.15) is 10.5 Å². The van der Waals surface area contributed by atoms with E-state index in [1.165, 1.54) is 0 Å². The summed E-state index contributed by atoms with van der Waals surface area (Å²) in [5.41, 5.74) is 2.08. The summed E-state index contributed by atoms with van der Waals surface area (Å²) >= 11 is 5.86. The SMILES string of the molecule is O=C(Nc1ccc(Cl)cc1)c1ccc(N2CCN(c3ccccn3)CC2)cn1. The van der Waals surface area contributed by atoms with Gasteiger partial charge in [-0.3, -0.25) is 4.79 Å². The molecular formula is C21H20ClN5O. The van der Waals surface area contributed by atoms with Crippen molar-refractivity contribution in [3.63, 3.8) is 0 Å². The quantitative estimate of drug-likeness (QED) is 0.732. The molecule has 4 rings (SSSR count). The molecule has 0 bridgehead atoms. The molecule has 0 spiro atoms. The zero-order chi connectivity index (χ0) is 19.3. The summed E-state index contributed by atoms with van der Waals surface area (Å²) in [6.07, 6.45) is 3.58. The summed E-state index contributed by atoms with van der Waals surface area (Å²) in [7, 11) is 0. The van der Waals surface area contributed by atoms with E-state index in [0.717, 1.165) is 37.7 Å². The number of carbonyl (C=O) groups is 1. The van der Waals surface area contributed by atoms with Crippen molar-refractivity contribution in [3.05, 3.63) is 77.7 Å². The van der Waals surface area contributed by atoms with Crippen LogP contribution in [0.5, 0.6) is 0 Å². The topological polar surface area (TPSA) is 61.4 Å². The van der Waals surface area contributed by atoms with Gasteiger partial charge >= 0.3 is 0 Å². The molecule has 1 amide bonds. The van der Waals surface area contributed by atoms with E-state index >= 15 is 0 Å². The highest BCUT2D eigenvalue weighted by molar-refractivity contribution is 6.30. The monoisotopic (exact) mass is 393 g/mol. The number of nitrogens with zero attached hydrogens (tertiary/aromatic N) is 4. The minimum atomic E-state index is -0.242. The molecule has 28 heavy (non-hydrogen) atoms. The Morgan fingerprint density at radius 2 is 1.64 bits per heavy atom. The average Bonchev–Trinajstić information content (AvgIpc) is 2.76. The molecule has 0 radical (unpaired) electrons. The van der Waals surface area contributed by atoms with Gasteiger partial charge < -0.3 is 15.1 Å². The van der Waals surface area contributed by atoms with Crippen molar-refractivity contribution in [1.82, 2.24) is 9.97 Å². The van der Waals surface area contributed by atoms with Crippen LogP contribution in [0.25, 0.3) is 0 Å². The number of amides is 1. The minimum Gasteiger partial charge on any atom is -0.367 e. The molecule has 1 N–H and O–H groups in total. The molecule has 1 fully saturated rings. The smallest absolute Gasteiger partial charge is 0.274 e. The van der Waals surface area contributed by atoms with E-state index in [1.54, 1.807) is 36.5 Å². The summed E-state index contributed by atoms with van der Waals surface area (Å²) < 4.78 is 0. The molecule has 0 saturated carbocycles. The van der Waals surface area contributed by atoms with E-state index in [4.69, 9.17) is 11.6 Å². The summed E-state index contributed by atoms with van der Waals surface area (Å²) in [6.45, 7) is 3.56. The van der Waals surface area contributed by atoms with Gasteiger partial charge in [0, 0.05) is 43.1 Å². The molecule has 142 valence electrons. The molecule has 3 aromatic rings. The average molecular weight is 394 g/mol. The summed E-state index contributed by atoms with van der Waals surface area (Å²) in [6, 6.07) is 16.7. The molecule has 1 aliphatic rings. The molecule has 0 atom stereocenters. The summed E-state index contributed by atoms with van der Waals surface area (Å²) in [5.74, 6) is 0.767. The number of anilines is 3. The van der Waals surface area contributed by atoms with Crippen LogP contribution in [-0.2, 0) is 0 Å². The Morgan fingerprint density at radius 3 is 2.29 bits per heavy atom. The van der Waals surface area contributed by atoms with Crippen LogP contribution in [0.2, 0.25) is 5.02 Å². The van der Waals surface area contributed by atoms with Crippen LogP contribution < -0.4 is 15.1 Å². The van der Waals surface area contributed by atoms with Crippen LogP contribution in [0, 0.1) is 0 Å². The first-order chi connectivity index (χ1) is 13.7. The number of nitrogens with one attached hydrogen (secondary N) is 1. The Kier molecular flexibility index (Phi) is 5.39. The fraction of sp³-hybridized carbons (Fsp3) is 0.190. The molecule has 3 heterocycles. The minimum absolute atomic E-state index is 0.242. The number of pyridine rings is 2. The summed E-state index contributed by atoms with van der Waals surface area (Å²) in [4.78, 5) is 25.7. The molecule has 1 aliphatic heterocycles. The van der Waals surface area contributed by atoms with Crippen molar-refractivity contribution in [3.8, 4) is 0 Å². The normalized spacial score (nSPS) is 14.0. The zero-order valence-electron chi connectivity index (χ0n) is 15.3. The van der Waals surface area contributed by atoms with Crippen molar-refractivity contribution in [2.75, 3.05) is 41.3 Å². The van der Waals surface area contributed by atoms with Crippen molar-refractivity contribution in [2.24, 2.45) is 0 Å². The van der Waals surface area contributed by atoms with E-state index < -0.39 is 0 Å². The van der Waals surface area contributed by atoms with Crippen molar-refractivity contribution < 1.29 is 4.79 Å². The fourth-order valence-electron chi connectivity index (χ4n) is 3.17. The van der Waals surface area contributed by atoms with Crippen molar-refractivity contribution in [1.29, 1.82) is 0 Å². The molecule has 6 nitrogen and oxygen atoms in total. The summed E-state index contributed by atoms with van der Waals surface area (Å²) in [5, 5.41) is 3.45. The molecule has 0 unspecified atom stereocenters. The number of rotatable bonds is 4. The highest BCUT2D eigenvalue weighted by Gasteiger charge is 2.18. The third kappa shape index (κ3) is 4.23. The van der Waals surface area contributed by atoms with Gasteiger partial charge in [0.05, 0.1) is 11.9 Å². The van der Waals surface area contributed by atoms with Gasteiger partial charge in [0.1, 0.15) is 11.5 Å². The second kappa shape index (κ2) is 8.27. The van der Waals surface area contributed by atoms with Crippen LogP contribution >= 0.6 is 11.6 Å². The lowest BCUT2D eigenvalue weighted by Crippen LogP contribution is -2.46. The maximum Gasteiger partial charge on any atom is 0.274 e. The lowest BCUT2D eigenvalue weighted by atomic mass is 10.2. The maximum atomic E-state index is 12.4. The first kappa shape index (κ1) is 18.3. The molecular weight excluding hydrogens is 374 g/mol. The fourth-order valence-corrected chi connectivity index (χ4v) is 3.30. The predicted octanol–water partition coefficient (Wildman–Crippen LogP) is 3.71. The van der Waals surface area contributed by atoms with Crippen molar-refractivity contribution in [2.45, 2.75) is 0 Å². The molecule has 7 heteroatoms. The van der Waals surface area contributed by atoms with Gasteiger partial charge in [-0.2, -0.15) is 0 Å². The molecule has 1 aromatic carbocycles. The highest BCUT2D eigenvalue weighted by Crippen LogP contribution is 2.19. The Bertz CT molecular complexity index is 923. The van der Waals surface area contributed by atoms with Gasteiger partial charge in [-0.15, -0.1) is 0 Å². The number of halogens is 1. The Balaban J connectivity index is 1.36. The Labute approximate surface area is 168 Å². The van der Waals surface area contributed by atoms with E-state index in [0.29, 0.717) is 16.4 Å². The van der Waals surface area contributed by atoms with Crippen LogP contribution in [0.4, 0.5) is 17.2 Å². The second-order valence-electron chi connectivity index (χ2n) is 6.52. The highest BCUT2D eigenvalue weighted by atomic mass is 35.5. The zero-order valence-corrected chi connectivity index (χ0v) is 16.0. The largest absolute Gasteiger partial charge is 0.367 e. The first-order valence-electron chi connectivity index (χ1n) is 9.13. The van der Waals surface area contributed by atoms with Crippen LogP contribution in [0.3, 0.4) is 0 Å². The first-order valence-corrected chi connectivity index (χ1v) is 9.51. The van der Waals surface area contributed by atoms with E-state index in [-0.39, 0.29) is 5.91 Å². The molecule has 2 aromatic heterocycles. The number of hydrogen-bond donors (Lipinski definition) is 1. The standard InChI is InChI=1S/C21H20ClN5O/c22-16-4-6-17(7-5-16)25-21(28)19-9-8-18(15-24-19)26-11-13-27(14-12-26)20-3-1-2-10-23-20/h1-10,15H,11-14H2,(H,25,28). The van der Waals surface area contributed by atoms with Gasteiger partial charge in [0.25, 0.3) is 5.91 Å². The predicted molar refractivity (Wildman–Crippen MR) is 112 cm³/mol. The van der Waals surface area contributed by atoms with Gasteiger partial charge in [-0.05, 0) is 48.5 Å². The lowest BCUT2D eigenvalue weighted by molar-refractivity contribution is 0.102. The van der Waals surface area contributed by atoms with Gasteiger partial charge in [-0.25, -0.2) is 9.97 Å². The van der Waals surface area contributed by atoms with Crippen LogP contribution in [-0.4, -0.2) is 42.1 Å². The third-order valence-electron chi connectivity index (χ3n) is 4.70. The number of hydrogen-bond acceptors (Lipinski definition) is 5. The molecule has 0 aliphatic carbocycles. The Hall–Kier alpha value is -3.12. The Morgan fingerprint density at radius 1 is 0.893 bits per heavy atom.